The third-order valence-electron chi connectivity index (χ3n) is 3.83. The smallest absolute Gasteiger partial charge is 0.122 e. The number of hydrogen-bond donors (Lipinski definition) is 2. The number of aromatic nitrogens is 2. The molecule has 2 heterocycles. The average molecular weight is 260 g/mol. The van der Waals surface area contributed by atoms with Crippen molar-refractivity contribution in [2.75, 3.05) is 33.2 Å². The highest BCUT2D eigenvalue weighted by Crippen LogP contribution is 2.27. The lowest BCUT2D eigenvalue weighted by atomic mass is 10.1. The highest BCUT2D eigenvalue weighted by atomic mass is 16.3. The second-order valence-corrected chi connectivity index (χ2v) is 5.36. The molecule has 0 aliphatic carbocycles. The van der Waals surface area contributed by atoms with E-state index in [1.54, 1.807) is 6.07 Å². The van der Waals surface area contributed by atoms with Crippen LogP contribution >= 0.6 is 0 Å². The van der Waals surface area contributed by atoms with Gasteiger partial charge in [-0.2, -0.15) is 0 Å². The quantitative estimate of drug-likeness (QED) is 0.855. The number of benzene rings is 1. The molecule has 1 fully saturated rings. The molecule has 1 aliphatic rings. The van der Waals surface area contributed by atoms with Gasteiger partial charge < -0.3 is 15.0 Å². The van der Waals surface area contributed by atoms with E-state index in [2.05, 4.69) is 26.8 Å². The number of nitrogens with one attached hydrogen (secondary N) is 1. The minimum atomic E-state index is 0.345. The number of H-pyrrole nitrogens is 1. The first-order chi connectivity index (χ1) is 9.13. The summed E-state index contributed by atoms with van der Waals surface area (Å²) in [5.74, 6) is 1.23. The summed E-state index contributed by atoms with van der Waals surface area (Å²) in [5.41, 5.74) is 2.84. The van der Waals surface area contributed by atoms with Crippen molar-refractivity contribution in [2.24, 2.45) is 0 Å². The molecule has 19 heavy (non-hydrogen) atoms. The molecule has 0 saturated carbocycles. The minimum Gasteiger partial charge on any atom is -0.508 e. The molecule has 2 N–H and O–H groups in total. The lowest BCUT2D eigenvalue weighted by Crippen LogP contribution is -2.43. The Morgan fingerprint density at radius 1 is 1.26 bits per heavy atom. The molecule has 0 bridgehead atoms. The van der Waals surface area contributed by atoms with Crippen molar-refractivity contribution in [1.82, 2.24) is 19.8 Å². The minimum absolute atomic E-state index is 0.345. The number of imidazole rings is 1. The molecule has 0 atom stereocenters. The van der Waals surface area contributed by atoms with Gasteiger partial charge in [-0.1, -0.05) is 0 Å². The molecule has 1 aliphatic heterocycles. The van der Waals surface area contributed by atoms with Crippen molar-refractivity contribution in [1.29, 1.82) is 0 Å². The normalized spacial score (nSPS) is 18.2. The van der Waals surface area contributed by atoms with E-state index in [1.165, 1.54) is 0 Å². The maximum Gasteiger partial charge on any atom is 0.122 e. The molecule has 0 unspecified atom stereocenters. The first-order valence-corrected chi connectivity index (χ1v) is 6.71. The number of rotatable bonds is 2. The summed E-state index contributed by atoms with van der Waals surface area (Å²) in [4.78, 5) is 12.4. The Morgan fingerprint density at radius 2 is 2.00 bits per heavy atom. The predicted molar refractivity (Wildman–Crippen MR) is 75.3 cm³/mol. The molecule has 1 aromatic heterocycles. The van der Waals surface area contributed by atoms with Crippen LogP contribution in [0.15, 0.2) is 12.1 Å². The first-order valence-electron chi connectivity index (χ1n) is 6.71. The molecule has 0 spiro atoms. The fraction of sp³-hybridized carbons (Fsp3) is 0.500. The van der Waals surface area contributed by atoms with Crippen LogP contribution in [0.2, 0.25) is 0 Å². The van der Waals surface area contributed by atoms with Crippen molar-refractivity contribution in [3.8, 4) is 5.75 Å². The van der Waals surface area contributed by atoms with E-state index in [1.807, 2.05) is 13.0 Å². The van der Waals surface area contributed by atoms with Crippen LogP contribution in [0.5, 0.6) is 5.75 Å². The second kappa shape index (κ2) is 4.83. The fourth-order valence-corrected chi connectivity index (χ4v) is 2.63. The van der Waals surface area contributed by atoms with Crippen LogP contribution in [0.1, 0.15) is 11.4 Å². The first kappa shape index (κ1) is 12.4. The zero-order valence-corrected chi connectivity index (χ0v) is 11.5. The van der Waals surface area contributed by atoms with Crippen molar-refractivity contribution < 1.29 is 5.11 Å². The predicted octanol–water partition coefficient (Wildman–Crippen LogP) is 1.32. The molecule has 5 heteroatoms. The summed E-state index contributed by atoms with van der Waals surface area (Å²) in [5, 5.41) is 10.1. The van der Waals surface area contributed by atoms with Gasteiger partial charge in [0.1, 0.15) is 11.6 Å². The Balaban J connectivity index is 1.89. The number of nitrogens with zero attached hydrogens (tertiary/aromatic N) is 3. The van der Waals surface area contributed by atoms with Crippen molar-refractivity contribution in [2.45, 2.75) is 13.5 Å². The number of piperazine rings is 1. The lowest BCUT2D eigenvalue weighted by molar-refractivity contribution is 0.147. The van der Waals surface area contributed by atoms with Crippen LogP contribution in [0, 0.1) is 6.92 Å². The van der Waals surface area contributed by atoms with Crippen LogP contribution in [0.25, 0.3) is 11.0 Å². The van der Waals surface area contributed by atoms with Gasteiger partial charge >= 0.3 is 0 Å². The molecule has 1 aromatic carbocycles. The van der Waals surface area contributed by atoms with E-state index in [4.69, 9.17) is 0 Å². The molecular weight excluding hydrogens is 240 g/mol. The summed E-state index contributed by atoms with van der Waals surface area (Å²) in [6.45, 7) is 6.94. The average Bonchev–Trinajstić information content (AvgIpc) is 2.76. The summed E-state index contributed by atoms with van der Waals surface area (Å²) >= 11 is 0. The van der Waals surface area contributed by atoms with Gasteiger partial charge in [0, 0.05) is 38.3 Å². The second-order valence-electron chi connectivity index (χ2n) is 5.36. The third-order valence-corrected chi connectivity index (χ3v) is 3.83. The molecule has 0 amide bonds. The molecule has 0 radical (unpaired) electrons. The van der Waals surface area contributed by atoms with Gasteiger partial charge in [-0.3, -0.25) is 4.90 Å². The number of aromatic amines is 1. The van der Waals surface area contributed by atoms with Crippen LogP contribution in [0.4, 0.5) is 0 Å². The fourth-order valence-electron chi connectivity index (χ4n) is 2.63. The van der Waals surface area contributed by atoms with Gasteiger partial charge in [0.25, 0.3) is 0 Å². The Hall–Kier alpha value is -1.59. The number of phenolic OH excluding ortho intramolecular Hbond substituents is 1. The number of hydrogen-bond acceptors (Lipinski definition) is 4. The Morgan fingerprint density at radius 3 is 2.74 bits per heavy atom. The standard InChI is InChI=1S/C14H20N4O/c1-10-15-12-3-4-13(19)11(14(12)16-10)9-18-7-5-17(2)6-8-18/h3-4,19H,5-9H2,1-2H3,(H,15,16). The highest BCUT2D eigenvalue weighted by molar-refractivity contribution is 5.81. The molecule has 5 nitrogen and oxygen atoms in total. The van der Waals surface area contributed by atoms with Gasteiger partial charge in [0.05, 0.1) is 11.0 Å². The zero-order valence-electron chi connectivity index (χ0n) is 11.5. The molecule has 3 rings (SSSR count). The van der Waals surface area contributed by atoms with Crippen molar-refractivity contribution in [3.05, 3.63) is 23.5 Å². The van der Waals surface area contributed by atoms with E-state index in [-0.39, 0.29) is 0 Å². The largest absolute Gasteiger partial charge is 0.508 e. The zero-order chi connectivity index (χ0) is 13.4. The number of aromatic hydroxyl groups is 1. The Bertz CT molecular complexity index is 584. The topological polar surface area (TPSA) is 55.4 Å². The maximum atomic E-state index is 10.1. The monoisotopic (exact) mass is 260 g/mol. The molecular formula is C14H20N4O. The number of fused-ring (bicyclic) bond motifs is 1. The third kappa shape index (κ3) is 2.43. The molecule has 2 aromatic rings. The van der Waals surface area contributed by atoms with E-state index in [0.717, 1.165) is 55.1 Å². The van der Waals surface area contributed by atoms with E-state index in [9.17, 15) is 5.11 Å². The van der Waals surface area contributed by atoms with Gasteiger partial charge in [-0.25, -0.2) is 4.98 Å². The number of likely N-dealkylation sites (N-methyl/N-ethyl adjacent to an activating group) is 1. The molecule has 1 saturated heterocycles. The van der Waals surface area contributed by atoms with Crippen LogP contribution < -0.4 is 0 Å². The van der Waals surface area contributed by atoms with Gasteiger partial charge in [-0.15, -0.1) is 0 Å². The Kier molecular flexibility index (Phi) is 3.16. The Labute approximate surface area is 112 Å². The van der Waals surface area contributed by atoms with Crippen LogP contribution in [0.3, 0.4) is 0 Å². The summed E-state index contributed by atoms with van der Waals surface area (Å²) in [7, 11) is 2.15. The van der Waals surface area contributed by atoms with Crippen LogP contribution in [-0.2, 0) is 6.54 Å². The SMILES string of the molecule is Cc1nc2c(CN3CCN(C)CC3)c(O)ccc2[nH]1. The van der Waals surface area contributed by atoms with E-state index in [0.29, 0.717) is 5.75 Å². The van der Waals surface area contributed by atoms with Gasteiger partial charge in [0.2, 0.25) is 0 Å². The van der Waals surface area contributed by atoms with Crippen molar-refractivity contribution >= 4 is 11.0 Å². The van der Waals surface area contributed by atoms with Gasteiger partial charge in [0.15, 0.2) is 0 Å². The summed E-state index contributed by atoms with van der Waals surface area (Å²) in [6.07, 6.45) is 0. The van der Waals surface area contributed by atoms with Crippen molar-refractivity contribution in [3.63, 3.8) is 0 Å². The number of phenols is 1. The summed E-state index contributed by atoms with van der Waals surface area (Å²) < 4.78 is 0. The number of aryl methyl sites for hydroxylation is 1. The highest BCUT2D eigenvalue weighted by Gasteiger charge is 2.18. The maximum absolute atomic E-state index is 10.1. The lowest BCUT2D eigenvalue weighted by Gasteiger charge is -2.32. The molecule has 102 valence electrons. The van der Waals surface area contributed by atoms with E-state index >= 15 is 0 Å². The van der Waals surface area contributed by atoms with Gasteiger partial charge in [-0.05, 0) is 26.1 Å². The van der Waals surface area contributed by atoms with Crippen LogP contribution in [-0.4, -0.2) is 58.1 Å². The van der Waals surface area contributed by atoms with E-state index < -0.39 is 0 Å². The summed E-state index contributed by atoms with van der Waals surface area (Å²) in [6, 6.07) is 3.64.